The molecule has 1 aromatic heterocycles. The summed E-state index contributed by atoms with van der Waals surface area (Å²) in [5.74, 6) is -0.434. The van der Waals surface area contributed by atoms with Crippen LogP contribution in [0.25, 0.3) is 10.9 Å². The van der Waals surface area contributed by atoms with Crippen molar-refractivity contribution in [1.29, 1.82) is 5.26 Å². The van der Waals surface area contributed by atoms with Crippen LogP contribution in [0.15, 0.2) is 30.5 Å². The number of ether oxygens (including phenoxy) is 2. The molecule has 10 heteroatoms. The maximum absolute atomic E-state index is 14.7. The fraction of sp³-hybridized carbons (Fsp3) is 0.520. The lowest BCUT2D eigenvalue weighted by Crippen LogP contribution is -2.55. The van der Waals surface area contributed by atoms with Crippen LogP contribution < -0.4 is 10.2 Å². The molecule has 2 aromatic rings. The molecule has 0 saturated carbocycles. The van der Waals surface area contributed by atoms with Gasteiger partial charge in [0, 0.05) is 30.4 Å². The van der Waals surface area contributed by atoms with E-state index in [2.05, 4.69) is 16.4 Å². The van der Waals surface area contributed by atoms with Crippen LogP contribution in [0, 0.1) is 11.3 Å². The molecule has 35 heavy (non-hydrogen) atoms. The summed E-state index contributed by atoms with van der Waals surface area (Å²) in [6, 6.07) is 8.59. The van der Waals surface area contributed by atoms with Gasteiger partial charge in [-0.3, -0.25) is 9.78 Å². The zero-order valence-electron chi connectivity index (χ0n) is 20.3. The van der Waals surface area contributed by atoms with Gasteiger partial charge in [0.2, 0.25) is 0 Å². The Labute approximate surface area is 203 Å². The smallest absolute Gasteiger partial charge is 0.410 e. The first-order chi connectivity index (χ1) is 16.6. The van der Waals surface area contributed by atoms with Gasteiger partial charge in [0.15, 0.2) is 6.10 Å². The predicted octanol–water partition coefficient (Wildman–Crippen LogP) is 2.77. The third-order valence-corrected chi connectivity index (χ3v) is 5.99. The first-order valence-corrected chi connectivity index (χ1v) is 11.7. The molecule has 4 atom stereocenters. The van der Waals surface area contributed by atoms with Gasteiger partial charge >= 0.3 is 6.09 Å². The van der Waals surface area contributed by atoms with E-state index in [1.165, 1.54) is 4.90 Å². The van der Waals surface area contributed by atoms with E-state index >= 15 is 0 Å². The average molecular weight is 484 g/mol. The fourth-order valence-electron chi connectivity index (χ4n) is 4.47. The molecule has 2 fully saturated rings. The zero-order valence-corrected chi connectivity index (χ0v) is 20.3. The van der Waals surface area contributed by atoms with Crippen LogP contribution in [0.3, 0.4) is 0 Å². The number of amides is 2. The predicted molar refractivity (Wildman–Crippen MR) is 128 cm³/mol. The standard InChI is InChI=1S/C25H30FN5O4/c1-15-11-30(20-8-7-16(10-27)22-17(20)6-5-9-28-22)14-21(34-15)23(32)29-19-13-31(12-18(19)26)24(33)35-25(2,3)4/h5-9,15,18-19,21H,11-14H2,1-4H3,(H,29,32)/t15-,18+,19+,21-/m1/s1. The van der Waals surface area contributed by atoms with Crippen molar-refractivity contribution in [2.24, 2.45) is 0 Å². The Morgan fingerprint density at radius 1 is 1.23 bits per heavy atom. The quantitative estimate of drug-likeness (QED) is 0.715. The highest BCUT2D eigenvalue weighted by atomic mass is 19.1. The lowest BCUT2D eigenvalue weighted by molar-refractivity contribution is -0.138. The van der Waals surface area contributed by atoms with Gasteiger partial charge in [-0.25, -0.2) is 9.18 Å². The molecular formula is C25H30FN5O4. The van der Waals surface area contributed by atoms with Gasteiger partial charge in [-0.05, 0) is 52.0 Å². The van der Waals surface area contributed by atoms with Crippen molar-refractivity contribution in [3.63, 3.8) is 0 Å². The summed E-state index contributed by atoms with van der Waals surface area (Å²) >= 11 is 0. The molecule has 186 valence electrons. The number of hydrogen-bond acceptors (Lipinski definition) is 7. The van der Waals surface area contributed by atoms with Gasteiger partial charge in [-0.2, -0.15) is 5.26 Å². The van der Waals surface area contributed by atoms with Crippen molar-refractivity contribution < 1.29 is 23.5 Å². The molecule has 0 aliphatic carbocycles. The molecular weight excluding hydrogens is 453 g/mol. The third-order valence-electron chi connectivity index (χ3n) is 5.99. The topological polar surface area (TPSA) is 108 Å². The number of carbonyl (C=O) groups excluding carboxylic acids is 2. The van der Waals surface area contributed by atoms with Crippen molar-refractivity contribution in [1.82, 2.24) is 15.2 Å². The number of nitrogens with one attached hydrogen (secondary N) is 1. The lowest BCUT2D eigenvalue weighted by atomic mass is 10.1. The third kappa shape index (κ3) is 5.46. The summed E-state index contributed by atoms with van der Waals surface area (Å²) in [5, 5.41) is 13.0. The van der Waals surface area contributed by atoms with Crippen LogP contribution in [-0.4, -0.2) is 78.1 Å². The first kappa shape index (κ1) is 24.7. The lowest BCUT2D eigenvalue weighted by Gasteiger charge is -2.38. The number of pyridine rings is 1. The van der Waals surface area contributed by atoms with Gasteiger partial charge in [0.05, 0.1) is 36.3 Å². The average Bonchev–Trinajstić information content (AvgIpc) is 3.17. The Morgan fingerprint density at radius 3 is 2.71 bits per heavy atom. The van der Waals surface area contributed by atoms with Crippen LogP contribution in [0.2, 0.25) is 0 Å². The van der Waals surface area contributed by atoms with E-state index in [1.807, 2.05) is 24.0 Å². The van der Waals surface area contributed by atoms with Crippen LogP contribution >= 0.6 is 0 Å². The molecule has 1 aromatic carbocycles. The first-order valence-electron chi connectivity index (χ1n) is 11.7. The van der Waals surface area contributed by atoms with Crippen molar-refractivity contribution in [2.45, 2.75) is 57.7 Å². The minimum atomic E-state index is -1.41. The van der Waals surface area contributed by atoms with Gasteiger partial charge in [-0.1, -0.05) is 0 Å². The number of nitriles is 1. The summed E-state index contributed by atoms with van der Waals surface area (Å²) in [7, 11) is 0. The van der Waals surface area contributed by atoms with Gasteiger partial charge in [0.25, 0.3) is 5.91 Å². The molecule has 2 amide bonds. The Hall–Kier alpha value is -3.45. The Balaban J connectivity index is 1.46. The molecule has 0 unspecified atom stereocenters. The number of aromatic nitrogens is 1. The second kappa shape index (κ2) is 9.66. The molecule has 3 heterocycles. The van der Waals surface area contributed by atoms with E-state index in [1.54, 1.807) is 39.1 Å². The maximum atomic E-state index is 14.7. The zero-order chi connectivity index (χ0) is 25.3. The second-order valence-electron chi connectivity index (χ2n) is 10.0. The van der Waals surface area contributed by atoms with Gasteiger partial charge in [0.1, 0.15) is 17.8 Å². The Morgan fingerprint density at radius 2 is 2.00 bits per heavy atom. The molecule has 0 bridgehead atoms. The number of alkyl halides is 1. The largest absolute Gasteiger partial charge is 0.444 e. The SMILES string of the molecule is C[C@@H]1CN(c2ccc(C#N)c3ncccc23)C[C@H](C(=O)N[C@H]2CN(C(=O)OC(C)(C)C)C[C@@H]2F)O1. The van der Waals surface area contributed by atoms with E-state index in [4.69, 9.17) is 9.47 Å². The van der Waals surface area contributed by atoms with E-state index < -0.39 is 35.9 Å². The summed E-state index contributed by atoms with van der Waals surface area (Å²) in [6.07, 6.45) is -1.46. The van der Waals surface area contributed by atoms with E-state index in [0.717, 1.165) is 11.1 Å². The summed E-state index contributed by atoms with van der Waals surface area (Å²) in [5.41, 5.74) is 1.23. The normalized spacial score (nSPS) is 24.8. The molecule has 4 rings (SSSR count). The maximum Gasteiger partial charge on any atom is 0.410 e. The van der Waals surface area contributed by atoms with E-state index in [9.17, 15) is 19.2 Å². The monoisotopic (exact) mass is 483 g/mol. The number of anilines is 1. The Bertz CT molecular complexity index is 1160. The summed E-state index contributed by atoms with van der Waals surface area (Å²) < 4.78 is 25.9. The number of benzene rings is 1. The van der Waals surface area contributed by atoms with E-state index in [0.29, 0.717) is 17.6 Å². The molecule has 9 nitrogen and oxygen atoms in total. The van der Waals surface area contributed by atoms with E-state index in [-0.39, 0.29) is 25.7 Å². The number of halogens is 1. The molecule has 0 radical (unpaired) electrons. The van der Waals surface area contributed by atoms with Crippen LogP contribution in [-0.2, 0) is 14.3 Å². The highest BCUT2D eigenvalue weighted by Crippen LogP contribution is 2.30. The molecule has 2 aliphatic rings. The molecule has 2 saturated heterocycles. The van der Waals surface area contributed by atoms with Crippen LogP contribution in [0.1, 0.15) is 33.3 Å². The Kier molecular flexibility index (Phi) is 6.81. The minimum absolute atomic E-state index is 0.0275. The summed E-state index contributed by atoms with van der Waals surface area (Å²) in [4.78, 5) is 33.0. The molecule has 0 spiro atoms. The number of morpholine rings is 1. The molecule has 2 aliphatic heterocycles. The van der Waals surface area contributed by atoms with Gasteiger partial charge in [-0.15, -0.1) is 0 Å². The number of carbonyl (C=O) groups is 2. The number of hydrogen-bond donors (Lipinski definition) is 1. The number of nitrogens with zero attached hydrogens (tertiary/aromatic N) is 4. The van der Waals surface area contributed by atoms with Crippen molar-refractivity contribution in [3.05, 3.63) is 36.0 Å². The fourth-order valence-corrected chi connectivity index (χ4v) is 4.47. The summed E-state index contributed by atoms with van der Waals surface area (Å²) in [6.45, 7) is 7.79. The van der Waals surface area contributed by atoms with Crippen molar-refractivity contribution in [2.75, 3.05) is 31.1 Å². The van der Waals surface area contributed by atoms with Crippen molar-refractivity contribution >= 4 is 28.6 Å². The number of fused-ring (bicyclic) bond motifs is 1. The molecule has 1 N–H and O–H groups in total. The van der Waals surface area contributed by atoms with Crippen LogP contribution in [0.4, 0.5) is 14.9 Å². The number of likely N-dealkylation sites (tertiary alicyclic amines) is 1. The highest BCUT2D eigenvalue weighted by molar-refractivity contribution is 5.95. The van der Waals surface area contributed by atoms with Crippen molar-refractivity contribution in [3.8, 4) is 6.07 Å². The van der Waals surface area contributed by atoms with Gasteiger partial charge < -0.3 is 24.6 Å². The highest BCUT2D eigenvalue weighted by Gasteiger charge is 2.40. The minimum Gasteiger partial charge on any atom is -0.444 e. The number of rotatable bonds is 3. The van der Waals surface area contributed by atoms with Crippen LogP contribution in [0.5, 0.6) is 0 Å². The second-order valence-corrected chi connectivity index (χ2v) is 10.0.